The van der Waals surface area contributed by atoms with Crippen LogP contribution >= 0.6 is 11.8 Å². The fourth-order valence-electron chi connectivity index (χ4n) is 3.31. The van der Waals surface area contributed by atoms with Gasteiger partial charge in [0.05, 0.1) is 5.60 Å². The molecule has 2 nitrogen and oxygen atoms in total. The van der Waals surface area contributed by atoms with E-state index < -0.39 is 0 Å². The van der Waals surface area contributed by atoms with E-state index in [2.05, 4.69) is 6.08 Å². The lowest BCUT2D eigenvalue weighted by Crippen LogP contribution is -2.40. The van der Waals surface area contributed by atoms with Crippen LogP contribution in [0, 0.1) is 5.92 Å². The third kappa shape index (κ3) is 2.45. The van der Waals surface area contributed by atoms with Crippen molar-refractivity contribution in [2.75, 3.05) is 18.1 Å². The van der Waals surface area contributed by atoms with E-state index in [0.717, 1.165) is 25.9 Å². The zero-order valence-corrected chi connectivity index (χ0v) is 11.1. The van der Waals surface area contributed by atoms with Gasteiger partial charge >= 0.3 is 0 Å². The maximum Gasteiger partial charge on any atom is 0.136 e. The molecule has 0 bridgehead atoms. The van der Waals surface area contributed by atoms with Crippen LogP contribution in [-0.4, -0.2) is 29.5 Å². The van der Waals surface area contributed by atoms with E-state index in [4.69, 9.17) is 4.74 Å². The van der Waals surface area contributed by atoms with Crippen LogP contribution in [-0.2, 0) is 9.53 Å². The van der Waals surface area contributed by atoms with Crippen LogP contribution in [0.4, 0.5) is 0 Å². The summed E-state index contributed by atoms with van der Waals surface area (Å²) in [6.45, 7) is 0.913. The Kier molecular flexibility index (Phi) is 3.31. The van der Waals surface area contributed by atoms with E-state index in [1.165, 1.54) is 24.3 Å². The molecule has 2 heterocycles. The summed E-state index contributed by atoms with van der Waals surface area (Å²) in [5.74, 6) is 3.53. The SMILES string of the molecule is O=C1CC=C(C2CCOC3(CCSC3)C2)CC1. The average Bonchev–Trinajstić information content (AvgIpc) is 2.78. The number of allylic oxidation sites excluding steroid dienone is 2. The highest BCUT2D eigenvalue weighted by Crippen LogP contribution is 2.43. The predicted molar refractivity (Wildman–Crippen MR) is 70.3 cm³/mol. The van der Waals surface area contributed by atoms with Crippen molar-refractivity contribution in [1.29, 1.82) is 0 Å². The molecule has 2 fully saturated rings. The molecule has 0 saturated carbocycles. The maximum atomic E-state index is 11.3. The van der Waals surface area contributed by atoms with Crippen molar-refractivity contribution in [3.63, 3.8) is 0 Å². The number of carbonyl (C=O) groups is 1. The van der Waals surface area contributed by atoms with Crippen LogP contribution in [0.3, 0.4) is 0 Å². The van der Waals surface area contributed by atoms with Crippen LogP contribution in [0.5, 0.6) is 0 Å². The molecule has 1 spiro atoms. The molecule has 3 aliphatic rings. The number of Topliss-reactive ketones (excluding diaryl/α,β-unsaturated/α-hetero) is 1. The highest BCUT2D eigenvalue weighted by Gasteiger charge is 2.41. The van der Waals surface area contributed by atoms with Gasteiger partial charge in [0, 0.05) is 25.2 Å². The van der Waals surface area contributed by atoms with Gasteiger partial charge in [-0.1, -0.05) is 11.6 Å². The van der Waals surface area contributed by atoms with Crippen molar-refractivity contribution < 1.29 is 9.53 Å². The minimum atomic E-state index is 0.176. The third-order valence-corrected chi connectivity index (χ3v) is 5.59. The molecule has 2 saturated heterocycles. The van der Waals surface area contributed by atoms with Crippen LogP contribution in [0.15, 0.2) is 11.6 Å². The third-order valence-electron chi connectivity index (χ3n) is 4.37. The van der Waals surface area contributed by atoms with Gasteiger partial charge < -0.3 is 4.74 Å². The van der Waals surface area contributed by atoms with E-state index >= 15 is 0 Å². The standard InChI is InChI=1S/C14H20O2S/c15-13-3-1-11(2-4-13)12-5-7-16-14(9-12)6-8-17-10-14/h1,12H,2-10H2. The molecule has 0 aromatic rings. The molecular weight excluding hydrogens is 232 g/mol. The minimum absolute atomic E-state index is 0.176. The van der Waals surface area contributed by atoms with Gasteiger partial charge in [-0.15, -0.1) is 0 Å². The molecule has 0 amide bonds. The van der Waals surface area contributed by atoms with Gasteiger partial charge in [0.15, 0.2) is 0 Å². The Labute approximate surface area is 107 Å². The van der Waals surface area contributed by atoms with Crippen molar-refractivity contribution >= 4 is 17.5 Å². The summed E-state index contributed by atoms with van der Waals surface area (Å²) in [6.07, 6.45) is 8.23. The molecule has 0 aromatic carbocycles. The van der Waals surface area contributed by atoms with E-state index in [1.54, 1.807) is 5.57 Å². The molecule has 2 aliphatic heterocycles. The highest BCUT2D eigenvalue weighted by molar-refractivity contribution is 7.99. The Morgan fingerprint density at radius 2 is 2.35 bits per heavy atom. The predicted octanol–water partition coefficient (Wildman–Crippen LogP) is 2.97. The maximum absolute atomic E-state index is 11.3. The first-order valence-corrected chi connectivity index (χ1v) is 7.85. The van der Waals surface area contributed by atoms with Gasteiger partial charge in [-0.2, -0.15) is 11.8 Å². The molecule has 1 aliphatic carbocycles. The Morgan fingerprint density at radius 1 is 1.41 bits per heavy atom. The van der Waals surface area contributed by atoms with Crippen molar-refractivity contribution in [2.45, 2.75) is 44.1 Å². The first-order valence-electron chi connectivity index (χ1n) is 6.70. The first-order chi connectivity index (χ1) is 8.27. The molecule has 0 radical (unpaired) electrons. The number of ether oxygens (including phenoxy) is 1. The lowest BCUT2D eigenvalue weighted by atomic mass is 9.78. The minimum Gasteiger partial charge on any atom is -0.374 e. The molecule has 3 heteroatoms. The summed E-state index contributed by atoms with van der Waals surface area (Å²) in [6, 6.07) is 0. The highest BCUT2D eigenvalue weighted by atomic mass is 32.2. The molecule has 2 unspecified atom stereocenters. The van der Waals surface area contributed by atoms with Crippen LogP contribution in [0.25, 0.3) is 0 Å². The van der Waals surface area contributed by atoms with Crippen LogP contribution < -0.4 is 0 Å². The van der Waals surface area contributed by atoms with Gasteiger partial charge in [0.25, 0.3) is 0 Å². The first kappa shape index (κ1) is 11.8. The summed E-state index contributed by atoms with van der Waals surface area (Å²) < 4.78 is 6.05. The van der Waals surface area contributed by atoms with Crippen molar-refractivity contribution in [3.8, 4) is 0 Å². The summed E-state index contributed by atoms with van der Waals surface area (Å²) in [5, 5.41) is 0. The van der Waals surface area contributed by atoms with Gasteiger partial charge in [-0.05, 0) is 37.4 Å². The van der Waals surface area contributed by atoms with Gasteiger partial charge in [-0.25, -0.2) is 0 Å². The average molecular weight is 252 g/mol. The molecule has 0 aromatic heterocycles. The zero-order chi connectivity index (χ0) is 11.7. The van der Waals surface area contributed by atoms with E-state index in [0.29, 0.717) is 18.1 Å². The monoisotopic (exact) mass is 252 g/mol. The Hall–Kier alpha value is -0.280. The summed E-state index contributed by atoms with van der Waals surface area (Å²) in [5.41, 5.74) is 1.72. The van der Waals surface area contributed by atoms with E-state index in [9.17, 15) is 4.79 Å². The molecule has 2 atom stereocenters. The lowest BCUT2D eigenvalue weighted by molar-refractivity contribution is -0.118. The summed E-state index contributed by atoms with van der Waals surface area (Å²) in [7, 11) is 0. The normalized spacial score (nSPS) is 38.5. The lowest BCUT2D eigenvalue weighted by Gasteiger charge is -2.39. The van der Waals surface area contributed by atoms with Gasteiger partial charge in [-0.3, -0.25) is 4.79 Å². The molecule has 94 valence electrons. The molecule has 17 heavy (non-hydrogen) atoms. The Bertz CT molecular complexity index is 342. The van der Waals surface area contributed by atoms with Gasteiger partial charge in [0.2, 0.25) is 0 Å². The van der Waals surface area contributed by atoms with Crippen molar-refractivity contribution in [2.24, 2.45) is 5.92 Å². The van der Waals surface area contributed by atoms with E-state index in [-0.39, 0.29) is 5.60 Å². The van der Waals surface area contributed by atoms with Crippen LogP contribution in [0.2, 0.25) is 0 Å². The fourth-order valence-corrected chi connectivity index (χ4v) is 4.69. The molecule has 3 rings (SSSR count). The van der Waals surface area contributed by atoms with Crippen molar-refractivity contribution in [1.82, 2.24) is 0 Å². The van der Waals surface area contributed by atoms with Crippen molar-refractivity contribution in [3.05, 3.63) is 11.6 Å². The molecular formula is C14H20O2S. The number of rotatable bonds is 1. The zero-order valence-electron chi connectivity index (χ0n) is 10.2. The largest absolute Gasteiger partial charge is 0.374 e. The smallest absolute Gasteiger partial charge is 0.136 e. The number of hydrogen-bond acceptors (Lipinski definition) is 3. The molecule has 0 N–H and O–H groups in total. The number of thioether (sulfide) groups is 1. The van der Waals surface area contributed by atoms with Crippen LogP contribution in [0.1, 0.15) is 38.5 Å². The topological polar surface area (TPSA) is 26.3 Å². The Balaban J connectivity index is 1.69. The fraction of sp³-hybridized carbons (Fsp3) is 0.786. The summed E-state index contributed by atoms with van der Waals surface area (Å²) >= 11 is 2.03. The Morgan fingerprint density at radius 3 is 3.06 bits per heavy atom. The quantitative estimate of drug-likeness (QED) is 0.671. The number of hydrogen-bond donors (Lipinski definition) is 0. The van der Waals surface area contributed by atoms with Gasteiger partial charge in [0.1, 0.15) is 5.78 Å². The number of ketones is 1. The second-order valence-corrected chi connectivity index (χ2v) is 6.65. The second-order valence-electron chi connectivity index (χ2n) is 5.55. The summed E-state index contributed by atoms with van der Waals surface area (Å²) in [4.78, 5) is 11.3. The second kappa shape index (κ2) is 4.77. The van der Waals surface area contributed by atoms with E-state index in [1.807, 2.05) is 11.8 Å². The number of carbonyl (C=O) groups excluding carboxylic acids is 1.